The van der Waals surface area contributed by atoms with Crippen LogP contribution in [0.3, 0.4) is 0 Å². The normalized spacial score (nSPS) is 20.2. The van der Waals surface area contributed by atoms with Crippen LogP contribution in [0.4, 0.5) is 5.69 Å². The first-order valence-corrected chi connectivity index (χ1v) is 4.84. The molecule has 3 N–H and O–H groups in total. The molecule has 1 atom stereocenters. The van der Waals surface area contributed by atoms with Crippen LogP contribution in [0.2, 0.25) is 0 Å². The molecule has 1 aliphatic carbocycles. The Morgan fingerprint density at radius 3 is 3.15 bits per heavy atom. The zero-order valence-electron chi connectivity index (χ0n) is 8.01. The van der Waals surface area contributed by atoms with Crippen molar-refractivity contribution < 1.29 is 0 Å². The maximum absolute atomic E-state index is 5.96. The number of hydrogen-bond acceptors (Lipinski definition) is 2. The molecule has 0 aliphatic heterocycles. The summed E-state index contributed by atoms with van der Waals surface area (Å²) >= 11 is 0. The lowest BCUT2D eigenvalue weighted by molar-refractivity contribution is 0.624. The Bertz CT molecular complexity index is 305. The number of likely N-dealkylation sites (N-methyl/N-ethyl adjacent to an activating group) is 1. The van der Waals surface area contributed by atoms with E-state index in [-0.39, 0.29) is 0 Å². The first-order valence-electron chi connectivity index (χ1n) is 4.84. The third kappa shape index (κ3) is 1.42. The van der Waals surface area contributed by atoms with Crippen molar-refractivity contribution in [1.29, 1.82) is 0 Å². The number of nitrogens with two attached hydrogens (primary N) is 1. The Morgan fingerprint density at radius 2 is 2.38 bits per heavy atom. The number of benzene rings is 1. The summed E-state index contributed by atoms with van der Waals surface area (Å²) in [6.45, 7) is 1.04. The Morgan fingerprint density at radius 1 is 1.54 bits per heavy atom. The average molecular weight is 176 g/mol. The van der Waals surface area contributed by atoms with Gasteiger partial charge in [-0.25, -0.2) is 0 Å². The second-order valence-corrected chi connectivity index (χ2v) is 3.71. The number of nitrogen functional groups attached to an aromatic ring is 1. The molecule has 1 aromatic rings. The molecule has 0 bridgehead atoms. The highest BCUT2D eigenvalue weighted by molar-refractivity contribution is 5.55. The molecule has 2 rings (SSSR count). The lowest BCUT2D eigenvalue weighted by atomic mass is 9.99. The molecule has 2 nitrogen and oxygen atoms in total. The molecular weight excluding hydrogens is 160 g/mol. The zero-order chi connectivity index (χ0) is 9.26. The van der Waals surface area contributed by atoms with Gasteiger partial charge in [0.05, 0.1) is 0 Å². The molecule has 0 radical (unpaired) electrons. The molecule has 70 valence electrons. The van der Waals surface area contributed by atoms with Crippen molar-refractivity contribution in [3.8, 4) is 0 Å². The first-order chi connectivity index (χ1) is 6.33. The van der Waals surface area contributed by atoms with E-state index in [1.54, 1.807) is 0 Å². The number of fused-ring (bicyclic) bond motifs is 1. The summed E-state index contributed by atoms with van der Waals surface area (Å²) in [5.41, 5.74) is 9.76. The molecule has 1 aliphatic rings. The molecule has 1 unspecified atom stereocenters. The second-order valence-electron chi connectivity index (χ2n) is 3.71. The third-order valence-electron chi connectivity index (χ3n) is 2.85. The molecule has 0 aromatic heterocycles. The van der Waals surface area contributed by atoms with Gasteiger partial charge in [0.2, 0.25) is 0 Å². The fourth-order valence-corrected chi connectivity index (χ4v) is 2.27. The maximum Gasteiger partial charge on any atom is 0.0352 e. The van der Waals surface area contributed by atoms with Gasteiger partial charge in [-0.05, 0) is 43.0 Å². The Hall–Kier alpha value is -1.02. The molecule has 0 fully saturated rings. The van der Waals surface area contributed by atoms with Gasteiger partial charge < -0.3 is 11.1 Å². The summed E-state index contributed by atoms with van der Waals surface area (Å²) in [5, 5.41) is 3.22. The number of hydrogen-bond donors (Lipinski definition) is 2. The molecular formula is C11H16N2. The van der Waals surface area contributed by atoms with Crippen molar-refractivity contribution in [3.63, 3.8) is 0 Å². The number of rotatable bonds is 2. The fourth-order valence-electron chi connectivity index (χ4n) is 2.27. The Balaban J connectivity index is 2.34. The van der Waals surface area contributed by atoms with Crippen LogP contribution < -0.4 is 11.1 Å². The van der Waals surface area contributed by atoms with E-state index in [4.69, 9.17) is 5.73 Å². The van der Waals surface area contributed by atoms with Gasteiger partial charge in [-0.1, -0.05) is 12.1 Å². The monoisotopic (exact) mass is 176 g/mol. The van der Waals surface area contributed by atoms with Crippen LogP contribution in [0.1, 0.15) is 23.5 Å². The van der Waals surface area contributed by atoms with E-state index in [9.17, 15) is 0 Å². The molecule has 0 heterocycles. The minimum atomic E-state index is 0.626. The van der Waals surface area contributed by atoms with Crippen LogP contribution in [0.25, 0.3) is 0 Å². The van der Waals surface area contributed by atoms with Gasteiger partial charge in [0, 0.05) is 12.2 Å². The van der Waals surface area contributed by atoms with Crippen molar-refractivity contribution in [1.82, 2.24) is 5.32 Å². The van der Waals surface area contributed by atoms with Gasteiger partial charge in [-0.2, -0.15) is 0 Å². The van der Waals surface area contributed by atoms with Gasteiger partial charge in [-0.3, -0.25) is 0 Å². The smallest absolute Gasteiger partial charge is 0.0352 e. The molecule has 0 saturated heterocycles. The van der Waals surface area contributed by atoms with Gasteiger partial charge in [0.15, 0.2) is 0 Å². The van der Waals surface area contributed by atoms with Gasteiger partial charge in [0.1, 0.15) is 0 Å². The van der Waals surface area contributed by atoms with Crippen molar-refractivity contribution in [2.24, 2.45) is 0 Å². The molecule has 0 spiro atoms. The van der Waals surface area contributed by atoms with Crippen LogP contribution >= 0.6 is 0 Å². The average Bonchev–Trinajstić information content (AvgIpc) is 2.51. The van der Waals surface area contributed by atoms with Gasteiger partial charge in [0.25, 0.3) is 0 Å². The molecule has 0 saturated carbocycles. The van der Waals surface area contributed by atoms with E-state index in [1.807, 2.05) is 13.1 Å². The van der Waals surface area contributed by atoms with Crippen molar-refractivity contribution in [2.75, 3.05) is 19.3 Å². The lowest BCUT2D eigenvalue weighted by Crippen LogP contribution is -2.16. The van der Waals surface area contributed by atoms with Crippen LogP contribution in [-0.2, 0) is 6.42 Å². The van der Waals surface area contributed by atoms with Crippen LogP contribution in [0, 0.1) is 0 Å². The largest absolute Gasteiger partial charge is 0.398 e. The fraction of sp³-hybridized carbons (Fsp3) is 0.455. The number of nitrogens with one attached hydrogen (secondary N) is 1. The Kier molecular flexibility index (Phi) is 2.23. The Labute approximate surface area is 79.1 Å². The minimum Gasteiger partial charge on any atom is -0.398 e. The van der Waals surface area contributed by atoms with Crippen LogP contribution in [0.15, 0.2) is 18.2 Å². The quantitative estimate of drug-likeness (QED) is 0.670. The zero-order valence-corrected chi connectivity index (χ0v) is 8.01. The van der Waals surface area contributed by atoms with Gasteiger partial charge in [-0.15, -0.1) is 0 Å². The maximum atomic E-state index is 5.96. The summed E-state index contributed by atoms with van der Waals surface area (Å²) in [4.78, 5) is 0. The summed E-state index contributed by atoms with van der Waals surface area (Å²) < 4.78 is 0. The summed E-state index contributed by atoms with van der Waals surface area (Å²) in [5.74, 6) is 0.626. The van der Waals surface area contributed by atoms with Crippen molar-refractivity contribution >= 4 is 5.69 Å². The van der Waals surface area contributed by atoms with E-state index in [0.29, 0.717) is 5.92 Å². The summed E-state index contributed by atoms with van der Waals surface area (Å²) in [6.07, 6.45) is 2.43. The highest BCUT2D eigenvalue weighted by Gasteiger charge is 2.23. The molecule has 0 amide bonds. The highest BCUT2D eigenvalue weighted by Crippen LogP contribution is 2.36. The van der Waals surface area contributed by atoms with E-state index in [1.165, 1.54) is 24.0 Å². The molecule has 13 heavy (non-hydrogen) atoms. The second kappa shape index (κ2) is 3.38. The predicted octanol–water partition coefficient (Wildman–Crippen LogP) is 1.52. The molecule has 2 heteroatoms. The standard InChI is InChI=1S/C11H16N2/c1-13-7-9-6-5-8-3-2-4-10(12)11(8)9/h2-4,9,13H,5-7,12H2,1H3. The van der Waals surface area contributed by atoms with Crippen LogP contribution in [0.5, 0.6) is 0 Å². The van der Waals surface area contributed by atoms with Crippen molar-refractivity contribution in [2.45, 2.75) is 18.8 Å². The highest BCUT2D eigenvalue weighted by atomic mass is 14.8. The lowest BCUT2D eigenvalue weighted by Gasteiger charge is -2.12. The third-order valence-corrected chi connectivity index (χ3v) is 2.85. The summed E-state index contributed by atoms with van der Waals surface area (Å²) in [6, 6.07) is 6.25. The topological polar surface area (TPSA) is 38.0 Å². The van der Waals surface area contributed by atoms with E-state index in [2.05, 4.69) is 17.4 Å². The van der Waals surface area contributed by atoms with E-state index >= 15 is 0 Å². The van der Waals surface area contributed by atoms with Crippen LogP contribution in [-0.4, -0.2) is 13.6 Å². The van der Waals surface area contributed by atoms with E-state index in [0.717, 1.165) is 12.2 Å². The van der Waals surface area contributed by atoms with Gasteiger partial charge >= 0.3 is 0 Å². The van der Waals surface area contributed by atoms with Crippen molar-refractivity contribution in [3.05, 3.63) is 29.3 Å². The van der Waals surface area contributed by atoms with E-state index < -0.39 is 0 Å². The number of aryl methyl sites for hydroxylation is 1. The summed E-state index contributed by atoms with van der Waals surface area (Å²) in [7, 11) is 2.00. The predicted molar refractivity (Wildman–Crippen MR) is 55.8 cm³/mol. The molecule has 1 aromatic carbocycles. The SMILES string of the molecule is CNCC1CCc2cccc(N)c21. The number of anilines is 1. The first kappa shape index (κ1) is 8.57. The minimum absolute atomic E-state index is 0.626.